The zero-order chi connectivity index (χ0) is 15.7. The third-order valence-corrected chi connectivity index (χ3v) is 3.82. The molecule has 0 saturated carbocycles. The van der Waals surface area contributed by atoms with E-state index in [4.69, 9.17) is 27.9 Å². The van der Waals surface area contributed by atoms with Crippen molar-refractivity contribution in [1.82, 2.24) is 5.32 Å². The minimum absolute atomic E-state index is 0.318. The Balaban J connectivity index is 0.000000262. The summed E-state index contributed by atoms with van der Waals surface area (Å²) in [7, 11) is 0. The zero-order valence-corrected chi connectivity index (χ0v) is 13.7. The summed E-state index contributed by atoms with van der Waals surface area (Å²) in [6, 6.07) is 3.76. The van der Waals surface area contributed by atoms with E-state index < -0.39 is 0 Å². The highest BCUT2D eigenvalue weighted by atomic mass is 35.5. The van der Waals surface area contributed by atoms with Crippen LogP contribution in [-0.2, 0) is 0 Å². The van der Waals surface area contributed by atoms with Gasteiger partial charge in [0.05, 0.1) is 15.6 Å². The Hall–Kier alpha value is -1.03. The van der Waals surface area contributed by atoms with Crippen LogP contribution in [-0.4, -0.2) is 25.5 Å². The fraction of sp³-hybridized carbons (Fsp3) is 0.438. The van der Waals surface area contributed by atoms with Gasteiger partial charge in [0.1, 0.15) is 12.4 Å². The zero-order valence-electron chi connectivity index (χ0n) is 12.2. The molecule has 1 heterocycles. The predicted octanol–water partition coefficient (Wildman–Crippen LogP) is 4.52. The number of carbonyl (C=O) groups is 1. The van der Waals surface area contributed by atoms with Gasteiger partial charge in [-0.2, -0.15) is 0 Å². The molecule has 1 aromatic rings. The number of nitrogens with one attached hydrogen (secondary N) is 1. The van der Waals surface area contributed by atoms with E-state index in [9.17, 15) is 4.79 Å². The van der Waals surface area contributed by atoms with Crippen LogP contribution in [0.25, 0.3) is 0 Å². The second-order valence-electron chi connectivity index (χ2n) is 4.87. The number of halogens is 2. The van der Waals surface area contributed by atoms with Gasteiger partial charge in [0, 0.05) is 12.1 Å². The molecule has 1 fully saturated rings. The van der Waals surface area contributed by atoms with Crippen LogP contribution < -0.4 is 10.1 Å². The van der Waals surface area contributed by atoms with Crippen LogP contribution in [0.3, 0.4) is 0 Å². The molecule has 3 nitrogen and oxygen atoms in total. The summed E-state index contributed by atoms with van der Waals surface area (Å²) in [6.07, 6.45) is 6.43. The maximum absolute atomic E-state index is 10.6. The molecule has 21 heavy (non-hydrogen) atoms. The highest BCUT2D eigenvalue weighted by Gasteiger charge is 2.07. The van der Waals surface area contributed by atoms with Gasteiger partial charge in [-0.15, -0.1) is 0 Å². The number of hydrogen-bond donors (Lipinski definition) is 1. The average molecular weight is 330 g/mol. The van der Waals surface area contributed by atoms with Gasteiger partial charge in [-0.25, -0.2) is 0 Å². The van der Waals surface area contributed by atoms with Crippen LogP contribution in [0.15, 0.2) is 24.8 Å². The molecule has 1 aliphatic heterocycles. The van der Waals surface area contributed by atoms with E-state index in [1.807, 2.05) is 0 Å². The number of aldehydes is 1. The molecule has 1 atom stereocenters. The van der Waals surface area contributed by atoms with Gasteiger partial charge >= 0.3 is 0 Å². The van der Waals surface area contributed by atoms with Gasteiger partial charge in [-0.1, -0.05) is 42.3 Å². The van der Waals surface area contributed by atoms with Crippen molar-refractivity contribution < 1.29 is 9.53 Å². The van der Waals surface area contributed by atoms with Crippen molar-refractivity contribution in [1.29, 1.82) is 0 Å². The SMILES string of the molecule is C=CCOc1cc(Cl)c(Cl)cc1C=O.CC1CCCCN1. The van der Waals surface area contributed by atoms with Gasteiger partial charge in [0.15, 0.2) is 6.29 Å². The largest absolute Gasteiger partial charge is 0.489 e. The van der Waals surface area contributed by atoms with E-state index in [0.717, 1.165) is 6.04 Å². The van der Waals surface area contributed by atoms with E-state index >= 15 is 0 Å². The third-order valence-electron chi connectivity index (χ3n) is 3.09. The smallest absolute Gasteiger partial charge is 0.153 e. The number of hydrogen-bond acceptors (Lipinski definition) is 3. The molecule has 0 bridgehead atoms. The summed E-state index contributed by atoms with van der Waals surface area (Å²) >= 11 is 11.5. The molecule has 0 aromatic heterocycles. The second-order valence-corrected chi connectivity index (χ2v) is 5.69. The number of benzene rings is 1. The first-order valence-electron chi connectivity index (χ1n) is 6.99. The summed E-state index contributed by atoms with van der Waals surface area (Å²) in [5.41, 5.74) is 0.376. The fourth-order valence-corrected chi connectivity index (χ4v) is 2.26. The van der Waals surface area contributed by atoms with Crippen LogP contribution in [0.4, 0.5) is 0 Å². The Kier molecular flexibility index (Phi) is 8.43. The van der Waals surface area contributed by atoms with Crippen molar-refractivity contribution in [3.05, 3.63) is 40.4 Å². The molecule has 1 aromatic carbocycles. The van der Waals surface area contributed by atoms with E-state index in [2.05, 4.69) is 18.8 Å². The van der Waals surface area contributed by atoms with Crippen LogP contribution in [0.1, 0.15) is 36.5 Å². The van der Waals surface area contributed by atoms with E-state index in [1.165, 1.54) is 37.9 Å². The minimum atomic E-state index is 0.318. The molecule has 1 N–H and O–H groups in total. The Bertz CT molecular complexity index is 472. The Morgan fingerprint density at radius 2 is 2.10 bits per heavy atom. The molecule has 0 aliphatic carbocycles. The second kappa shape index (κ2) is 9.82. The van der Waals surface area contributed by atoms with Crippen LogP contribution in [0.2, 0.25) is 10.0 Å². The van der Waals surface area contributed by atoms with Gasteiger partial charge in [-0.05, 0) is 32.4 Å². The van der Waals surface area contributed by atoms with Crippen molar-refractivity contribution in [2.75, 3.05) is 13.2 Å². The number of ether oxygens (including phenoxy) is 1. The molecule has 1 unspecified atom stereocenters. The molecule has 0 spiro atoms. The van der Waals surface area contributed by atoms with Gasteiger partial charge in [0.2, 0.25) is 0 Å². The normalized spacial score (nSPS) is 17.4. The molecule has 2 rings (SSSR count). The average Bonchev–Trinajstić information content (AvgIpc) is 2.49. The first kappa shape index (κ1) is 18.0. The van der Waals surface area contributed by atoms with E-state index in [1.54, 1.807) is 6.08 Å². The number of carbonyl (C=O) groups excluding carboxylic acids is 1. The lowest BCUT2D eigenvalue weighted by Crippen LogP contribution is -2.30. The molecule has 1 saturated heterocycles. The van der Waals surface area contributed by atoms with E-state index in [-0.39, 0.29) is 0 Å². The van der Waals surface area contributed by atoms with Gasteiger partial charge in [-0.3, -0.25) is 4.79 Å². The highest BCUT2D eigenvalue weighted by Crippen LogP contribution is 2.29. The summed E-state index contributed by atoms with van der Waals surface area (Å²) in [5, 5.41) is 4.07. The van der Waals surface area contributed by atoms with Crippen LogP contribution in [0.5, 0.6) is 5.75 Å². The summed E-state index contributed by atoms with van der Waals surface area (Å²) in [4.78, 5) is 10.6. The maximum Gasteiger partial charge on any atom is 0.153 e. The minimum Gasteiger partial charge on any atom is -0.489 e. The lowest BCUT2D eigenvalue weighted by Gasteiger charge is -2.18. The fourth-order valence-electron chi connectivity index (χ4n) is 1.94. The van der Waals surface area contributed by atoms with Crippen LogP contribution in [0, 0.1) is 0 Å². The van der Waals surface area contributed by atoms with Crippen LogP contribution >= 0.6 is 23.2 Å². The molecule has 0 amide bonds. The summed E-state index contributed by atoms with van der Waals surface area (Å²) < 4.78 is 5.22. The Morgan fingerprint density at radius 3 is 2.57 bits per heavy atom. The summed E-state index contributed by atoms with van der Waals surface area (Å²) in [5.74, 6) is 0.411. The van der Waals surface area contributed by atoms with E-state index in [0.29, 0.717) is 34.3 Å². The maximum atomic E-state index is 10.6. The van der Waals surface area contributed by atoms with Crippen molar-refractivity contribution >= 4 is 29.5 Å². The Labute approximate surface area is 136 Å². The molecular formula is C16H21Cl2NO2. The topological polar surface area (TPSA) is 38.3 Å². The molecule has 116 valence electrons. The lowest BCUT2D eigenvalue weighted by atomic mass is 10.1. The first-order valence-corrected chi connectivity index (χ1v) is 7.75. The third kappa shape index (κ3) is 6.51. The van der Waals surface area contributed by atoms with Crippen molar-refractivity contribution in [3.63, 3.8) is 0 Å². The number of piperidine rings is 1. The lowest BCUT2D eigenvalue weighted by molar-refractivity contribution is 0.112. The van der Waals surface area contributed by atoms with Crippen molar-refractivity contribution in [3.8, 4) is 5.75 Å². The highest BCUT2D eigenvalue weighted by molar-refractivity contribution is 6.42. The van der Waals surface area contributed by atoms with Crippen molar-refractivity contribution in [2.45, 2.75) is 32.2 Å². The summed E-state index contributed by atoms with van der Waals surface area (Å²) in [6.45, 7) is 7.30. The molecule has 0 radical (unpaired) electrons. The molecule has 5 heteroatoms. The Morgan fingerprint density at radius 1 is 1.38 bits per heavy atom. The monoisotopic (exact) mass is 329 g/mol. The molecule has 1 aliphatic rings. The van der Waals surface area contributed by atoms with Crippen molar-refractivity contribution in [2.24, 2.45) is 0 Å². The molecular weight excluding hydrogens is 309 g/mol. The quantitative estimate of drug-likeness (QED) is 0.652. The van der Waals surface area contributed by atoms with Gasteiger partial charge in [0.25, 0.3) is 0 Å². The standard InChI is InChI=1S/C10H8Cl2O2.C6H13N/c1-2-3-14-10-5-9(12)8(11)4-7(10)6-13;1-6-4-2-3-5-7-6/h2,4-6H,1,3H2;6-7H,2-5H2,1H3. The number of rotatable bonds is 4. The first-order chi connectivity index (χ1) is 10.1. The predicted molar refractivity (Wildman–Crippen MR) is 88.9 cm³/mol. The van der Waals surface area contributed by atoms with Gasteiger partial charge < -0.3 is 10.1 Å².